The van der Waals surface area contributed by atoms with Crippen molar-refractivity contribution in [2.24, 2.45) is 0 Å². The Morgan fingerprint density at radius 3 is 2.70 bits per heavy atom. The van der Waals surface area contributed by atoms with Crippen LogP contribution in [-0.4, -0.2) is 18.2 Å². The van der Waals surface area contributed by atoms with E-state index in [1.54, 1.807) is 19.2 Å². The molecule has 0 fully saturated rings. The number of carboxylic acids is 1. The molecule has 0 spiro atoms. The third-order valence-electron chi connectivity index (χ3n) is 2.72. The van der Waals surface area contributed by atoms with E-state index in [0.717, 1.165) is 11.3 Å². The van der Waals surface area contributed by atoms with Crippen LogP contribution < -0.4 is 9.47 Å². The standard InChI is InChI=1S/C15H13ClO4/c1-19-11-5-2-4-10(8-11)9-20-13-7-3-6-12(16)14(13)15(17)18/h2-8H,9H2,1H3,(H,17,18). The first-order valence-corrected chi connectivity index (χ1v) is 6.27. The maximum absolute atomic E-state index is 11.2. The van der Waals surface area contributed by atoms with Crippen LogP contribution in [0.15, 0.2) is 42.5 Å². The van der Waals surface area contributed by atoms with Crippen LogP contribution >= 0.6 is 11.6 Å². The van der Waals surface area contributed by atoms with Crippen LogP contribution in [0.5, 0.6) is 11.5 Å². The molecular weight excluding hydrogens is 280 g/mol. The van der Waals surface area contributed by atoms with Gasteiger partial charge in [-0.3, -0.25) is 0 Å². The van der Waals surface area contributed by atoms with Crippen molar-refractivity contribution in [1.82, 2.24) is 0 Å². The fraction of sp³-hybridized carbons (Fsp3) is 0.133. The Hall–Kier alpha value is -2.20. The normalized spacial score (nSPS) is 10.1. The van der Waals surface area contributed by atoms with Crippen LogP contribution in [0.25, 0.3) is 0 Å². The second-order valence-electron chi connectivity index (χ2n) is 4.06. The molecule has 104 valence electrons. The lowest BCUT2D eigenvalue weighted by Crippen LogP contribution is -2.04. The van der Waals surface area contributed by atoms with Crippen molar-refractivity contribution in [1.29, 1.82) is 0 Å². The molecule has 0 bridgehead atoms. The zero-order chi connectivity index (χ0) is 14.5. The first-order chi connectivity index (χ1) is 9.61. The second-order valence-corrected chi connectivity index (χ2v) is 4.47. The monoisotopic (exact) mass is 292 g/mol. The lowest BCUT2D eigenvalue weighted by atomic mass is 10.2. The smallest absolute Gasteiger partial charge is 0.341 e. The molecule has 0 aliphatic carbocycles. The average molecular weight is 293 g/mol. The van der Waals surface area contributed by atoms with Gasteiger partial charge in [-0.2, -0.15) is 0 Å². The van der Waals surface area contributed by atoms with Gasteiger partial charge >= 0.3 is 5.97 Å². The Morgan fingerprint density at radius 2 is 2.00 bits per heavy atom. The number of hydrogen-bond donors (Lipinski definition) is 1. The number of methoxy groups -OCH3 is 1. The lowest BCUT2D eigenvalue weighted by Gasteiger charge is -2.10. The van der Waals surface area contributed by atoms with Crippen LogP contribution in [0.3, 0.4) is 0 Å². The predicted molar refractivity (Wildman–Crippen MR) is 75.7 cm³/mol. The van der Waals surface area contributed by atoms with Crippen molar-refractivity contribution >= 4 is 17.6 Å². The van der Waals surface area contributed by atoms with Gasteiger partial charge < -0.3 is 14.6 Å². The summed E-state index contributed by atoms with van der Waals surface area (Å²) in [5.41, 5.74) is 0.845. The molecule has 0 aliphatic rings. The fourth-order valence-electron chi connectivity index (χ4n) is 1.76. The van der Waals surface area contributed by atoms with Crippen molar-refractivity contribution in [3.63, 3.8) is 0 Å². The summed E-state index contributed by atoms with van der Waals surface area (Å²) in [7, 11) is 1.58. The van der Waals surface area contributed by atoms with E-state index in [0.29, 0.717) is 0 Å². The maximum Gasteiger partial charge on any atom is 0.341 e. The summed E-state index contributed by atoms with van der Waals surface area (Å²) in [4.78, 5) is 11.2. The molecule has 0 aliphatic heterocycles. The zero-order valence-corrected chi connectivity index (χ0v) is 11.6. The van der Waals surface area contributed by atoms with Gasteiger partial charge in [-0.15, -0.1) is 0 Å². The molecule has 0 saturated heterocycles. The van der Waals surface area contributed by atoms with Gasteiger partial charge in [-0.1, -0.05) is 29.8 Å². The molecule has 4 nitrogen and oxygen atoms in total. The van der Waals surface area contributed by atoms with E-state index in [9.17, 15) is 4.79 Å². The zero-order valence-electron chi connectivity index (χ0n) is 10.8. The van der Waals surface area contributed by atoms with Gasteiger partial charge in [0.2, 0.25) is 0 Å². The van der Waals surface area contributed by atoms with Gasteiger partial charge in [0.25, 0.3) is 0 Å². The van der Waals surface area contributed by atoms with Crippen molar-refractivity contribution in [2.75, 3.05) is 7.11 Å². The molecule has 5 heteroatoms. The van der Waals surface area contributed by atoms with Gasteiger partial charge in [0.05, 0.1) is 12.1 Å². The van der Waals surface area contributed by atoms with Crippen LogP contribution in [0, 0.1) is 0 Å². The van der Waals surface area contributed by atoms with E-state index in [4.69, 9.17) is 26.2 Å². The summed E-state index contributed by atoms with van der Waals surface area (Å²) < 4.78 is 10.7. The van der Waals surface area contributed by atoms with Gasteiger partial charge in [-0.25, -0.2) is 4.79 Å². The first kappa shape index (κ1) is 14.2. The molecule has 0 amide bonds. The summed E-state index contributed by atoms with van der Waals surface area (Å²) in [6.07, 6.45) is 0. The summed E-state index contributed by atoms with van der Waals surface area (Å²) in [6, 6.07) is 12.1. The van der Waals surface area contributed by atoms with Crippen LogP contribution in [0.2, 0.25) is 5.02 Å². The van der Waals surface area contributed by atoms with Crippen LogP contribution in [0.4, 0.5) is 0 Å². The average Bonchev–Trinajstić information content (AvgIpc) is 2.45. The van der Waals surface area contributed by atoms with Crippen LogP contribution in [-0.2, 0) is 6.61 Å². The van der Waals surface area contributed by atoms with Crippen molar-refractivity contribution in [2.45, 2.75) is 6.61 Å². The Labute approximate surface area is 121 Å². The molecule has 0 radical (unpaired) electrons. The first-order valence-electron chi connectivity index (χ1n) is 5.89. The fourth-order valence-corrected chi connectivity index (χ4v) is 2.00. The number of ether oxygens (including phenoxy) is 2. The molecule has 20 heavy (non-hydrogen) atoms. The van der Waals surface area contributed by atoms with Gasteiger partial charge in [0.15, 0.2) is 0 Å². The Balaban J connectivity index is 2.18. The number of aromatic carboxylic acids is 1. The minimum atomic E-state index is -1.11. The largest absolute Gasteiger partial charge is 0.497 e. The Kier molecular flexibility index (Phi) is 4.48. The van der Waals surface area contributed by atoms with E-state index >= 15 is 0 Å². The van der Waals surface area contributed by atoms with Crippen LogP contribution in [0.1, 0.15) is 15.9 Å². The molecule has 2 aromatic carbocycles. The molecule has 0 heterocycles. The molecule has 1 N–H and O–H groups in total. The number of halogens is 1. The molecule has 0 aromatic heterocycles. The molecule has 2 aromatic rings. The Morgan fingerprint density at radius 1 is 1.25 bits per heavy atom. The quantitative estimate of drug-likeness (QED) is 0.914. The second kappa shape index (κ2) is 6.30. The van der Waals surface area contributed by atoms with E-state index in [1.807, 2.05) is 24.3 Å². The van der Waals surface area contributed by atoms with Crippen molar-refractivity contribution in [3.8, 4) is 11.5 Å². The van der Waals surface area contributed by atoms with E-state index < -0.39 is 5.97 Å². The summed E-state index contributed by atoms with van der Waals surface area (Å²) in [5.74, 6) is -0.153. The highest BCUT2D eigenvalue weighted by molar-refractivity contribution is 6.33. The molecule has 0 saturated carbocycles. The highest BCUT2D eigenvalue weighted by atomic mass is 35.5. The summed E-state index contributed by atoms with van der Waals surface area (Å²) >= 11 is 5.87. The van der Waals surface area contributed by atoms with E-state index in [2.05, 4.69) is 0 Å². The number of rotatable bonds is 5. The maximum atomic E-state index is 11.2. The Bertz CT molecular complexity index is 625. The van der Waals surface area contributed by atoms with Crippen molar-refractivity contribution in [3.05, 3.63) is 58.6 Å². The third-order valence-corrected chi connectivity index (χ3v) is 3.03. The number of carboxylic acid groups (broad SMARTS) is 1. The molecule has 0 unspecified atom stereocenters. The lowest BCUT2D eigenvalue weighted by molar-refractivity contribution is 0.0692. The van der Waals surface area contributed by atoms with E-state index in [-0.39, 0.29) is 22.9 Å². The highest BCUT2D eigenvalue weighted by Gasteiger charge is 2.15. The minimum Gasteiger partial charge on any atom is -0.497 e. The minimum absolute atomic E-state index is 0.0305. The van der Waals surface area contributed by atoms with Gasteiger partial charge in [0.1, 0.15) is 23.7 Å². The highest BCUT2D eigenvalue weighted by Crippen LogP contribution is 2.27. The molecule has 2 rings (SSSR count). The van der Waals surface area contributed by atoms with Crippen molar-refractivity contribution < 1.29 is 19.4 Å². The molecular formula is C15H13ClO4. The number of benzene rings is 2. The number of hydrogen-bond acceptors (Lipinski definition) is 3. The van der Waals surface area contributed by atoms with E-state index in [1.165, 1.54) is 6.07 Å². The van der Waals surface area contributed by atoms with Gasteiger partial charge in [0, 0.05) is 0 Å². The molecule has 0 atom stereocenters. The topological polar surface area (TPSA) is 55.8 Å². The van der Waals surface area contributed by atoms with Gasteiger partial charge in [-0.05, 0) is 29.8 Å². The SMILES string of the molecule is COc1cccc(COc2cccc(Cl)c2C(=O)O)c1. The number of carbonyl (C=O) groups is 1. The summed E-state index contributed by atoms with van der Waals surface area (Å²) in [6.45, 7) is 0.234. The summed E-state index contributed by atoms with van der Waals surface area (Å²) in [5, 5.41) is 9.29. The third kappa shape index (κ3) is 3.22. The predicted octanol–water partition coefficient (Wildman–Crippen LogP) is 3.63.